The monoisotopic (exact) mass is 508 g/mol. The summed E-state index contributed by atoms with van der Waals surface area (Å²) in [4.78, 5) is 4.55. The maximum atomic E-state index is 10.0. The van der Waals surface area contributed by atoms with Gasteiger partial charge in [0.1, 0.15) is 5.75 Å². The van der Waals surface area contributed by atoms with Crippen molar-refractivity contribution in [3.63, 3.8) is 0 Å². The molecule has 9 heteroatoms. The normalized spacial score (nSPS) is 15.1. The summed E-state index contributed by atoms with van der Waals surface area (Å²) >= 11 is 8.25. The van der Waals surface area contributed by atoms with E-state index in [9.17, 15) is 5.11 Å². The Morgan fingerprint density at radius 3 is 2.67 bits per heavy atom. The Labute approximate surface area is 177 Å². The standard InChI is InChI=1S/C18H14Br2N4O2S/c1-2-27-18-22-17-14(23-24-18)10-5-3-4-6-13(10)21-16(26-17)9-7-11(19)15(25)12(20)8-9/h3-8,16,21,25H,2H2,1H3. The molecule has 138 valence electrons. The van der Waals surface area contributed by atoms with Crippen LogP contribution in [0.4, 0.5) is 5.69 Å². The van der Waals surface area contributed by atoms with Gasteiger partial charge in [-0.15, -0.1) is 10.2 Å². The maximum Gasteiger partial charge on any atom is 0.247 e. The van der Waals surface area contributed by atoms with Gasteiger partial charge in [-0.1, -0.05) is 36.9 Å². The molecule has 1 atom stereocenters. The largest absolute Gasteiger partial charge is 0.506 e. The van der Waals surface area contributed by atoms with Gasteiger partial charge in [0.2, 0.25) is 11.0 Å². The van der Waals surface area contributed by atoms with Gasteiger partial charge < -0.3 is 15.2 Å². The third-order valence-electron chi connectivity index (χ3n) is 3.95. The molecule has 1 aliphatic rings. The van der Waals surface area contributed by atoms with Gasteiger partial charge in [0.05, 0.1) is 8.95 Å². The lowest BCUT2D eigenvalue weighted by atomic mass is 10.1. The molecule has 6 nitrogen and oxygen atoms in total. The van der Waals surface area contributed by atoms with E-state index in [2.05, 4.69) is 52.4 Å². The molecule has 2 aromatic carbocycles. The second kappa shape index (κ2) is 7.65. The number of anilines is 1. The molecular weight excluding hydrogens is 496 g/mol. The summed E-state index contributed by atoms with van der Waals surface area (Å²) in [6.45, 7) is 2.03. The van der Waals surface area contributed by atoms with Gasteiger partial charge in [-0.25, -0.2) is 0 Å². The lowest BCUT2D eigenvalue weighted by Gasteiger charge is -2.20. The number of nitrogens with zero attached hydrogens (tertiary/aromatic N) is 3. The highest BCUT2D eigenvalue weighted by atomic mass is 79.9. The van der Waals surface area contributed by atoms with Crippen LogP contribution in [0, 0.1) is 0 Å². The quantitative estimate of drug-likeness (QED) is 0.458. The first kappa shape index (κ1) is 18.5. The minimum absolute atomic E-state index is 0.138. The van der Waals surface area contributed by atoms with Crippen molar-refractivity contribution in [1.82, 2.24) is 15.2 Å². The van der Waals surface area contributed by atoms with Crippen LogP contribution < -0.4 is 10.1 Å². The Bertz CT molecular complexity index is 995. The molecule has 2 N–H and O–H groups in total. The molecule has 0 aliphatic carbocycles. The van der Waals surface area contributed by atoms with E-state index < -0.39 is 6.23 Å². The third-order valence-corrected chi connectivity index (χ3v) is 5.88. The number of rotatable bonds is 3. The van der Waals surface area contributed by atoms with Crippen LogP contribution in [0.5, 0.6) is 11.6 Å². The van der Waals surface area contributed by atoms with Gasteiger partial charge in [0.25, 0.3) is 0 Å². The van der Waals surface area contributed by atoms with Crippen molar-refractivity contribution in [2.45, 2.75) is 18.3 Å². The van der Waals surface area contributed by atoms with Crippen LogP contribution in [0.3, 0.4) is 0 Å². The van der Waals surface area contributed by atoms with Crippen molar-refractivity contribution in [2.75, 3.05) is 11.1 Å². The predicted octanol–water partition coefficient (Wildman–Crippen LogP) is 5.38. The summed E-state index contributed by atoms with van der Waals surface area (Å²) in [5, 5.41) is 22.5. The van der Waals surface area contributed by atoms with E-state index in [1.54, 1.807) is 0 Å². The van der Waals surface area contributed by atoms with Gasteiger partial charge in [-0.05, 0) is 55.8 Å². The molecule has 1 aromatic heterocycles. The van der Waals surface area contributed by atoms with E-state index in [1.807, 2.05) is 43.3 Å². The fraction of sp³-hybridized carbons (Fsp3) is 0.167. The minimum atomic E-state index is -0.517. The number of aromatic nitrogens is 3. The molecule has 3 aromatic rings. The second-order valence-corrected chi connectivity index (χ2v) is 8.64. The smallest absolute Gasteiger partial charge is 0.247 e. The van der Waals surface area contributed by atoms with Crippen molar-refractivity contribution in [3.8, 4) is 22.9 Å². The van der Waals surface area contributed by atoms with Gasteiger partial charge in [0, 0.05) is 16.8 Å². The van der Waals surface area contributed by atoms with Gasteiger partial charge in [-0.2, -0.15) is 4.98 Å². The molecule has 1 aliphatic heterocycles. The highest BCUT2D eigenvalue weighted by molar-refractivity contribution is 9.11. The van der Waals surface area contributed by atoms with E-state index in [0.29, 0.717) is 25.7 Å². The number of halogens is 2. The molecule has 0 spiro atoms. The fourth-order valence-corrected chi connectivity index (χ4v) is 4.45. The van der Waals surface area contributed by atoms with Gasteiger partial charge in [-0.3, -0.25) is 0 Å². The first-order valence-corrected chi connectivity index (χ1v) is 10.7. The third kappa shape index (κ3) is 3.63. The number of nitrogens with one attached hydrogen (secondary N) is 1. The zero-order valence-electron chi connectivity index (χ0n) is 14.1. The predicted molar refractivity (Wildman–Crippen MR) is 112 cm³/mol. The van der Waals surface area contributed by atoms with Crippen LogP contribution in [0.2, 0.25) is 0 Å². The number of hydrogen-bond donors (Lipinski definition) is 2. The van der Waals surface area contributed by atoms with Crippen molar-refractivity contribution < 1.29 is 9.84 Å². The summed E-state index contributed by atoms with van der Waals surface area (Å²) in [7, 11) is 0. The molecule has 2 heterocycles. The van der Waals surface area contributed by atoms with E-state index in [1.165, 1.54) is 11.8 Å². The van der Waals surface area contributed by atoms with Crippen molar-refractivity contribution in [2.24, 2.45) is 0 Å². The summed E-state index contributed by atoms with van der Waals surface area (Å²) in [5.74, 6) is 1.40. The average molecular weight is 510 g/mol. The van der Waals surface area contributed by atoms with Crippen molar-refractivity contribution in [3.05, 3.63) is 50.9 Å². The van der Waals surface area contributed by atoms with Crippen molar-refractivity contribution >= 4 is 49.3 Å². The number of phenolic OH excluding ortho intramolecular Hbond substituents is 1. The molecule has 0 bridgehead atoms. The molecular formula is C18H14Br2N4O2S. The lowest BCUT2D eigenvalue weighted by Crippen LogP contribution is -2.17. The highest BCUT2D eigenvalue weighted by Crippen LogP contribution is 2.41. The van der Waals surface area contributed by atoms with Crippen LogP contribution in [-0.2, 0) is 0 Å². The Hall–Kier alpha value is -1.84. The molecule has 0 saturated carbocycles. The van der Waals surface area contributed by atoms with Crippen LogP contribution in [0.15, 0.2) is 50.5 Å². The molecule has 0 saturated heterocycles. The summed E-state index contributed by atoms with van der Waals surface area (Å²) in [6.07, 6.45) is -0.517. The second-order valence-electron chi connectivity index (χ2n) is 5.70. The number of fused-ring (bicyclic) bond motifs is 3. The molecule has 27 heavy (non-hydrogen) atoms. The zero-order valence-corrected chi connectivity index (χ0v) is 18.1. The average Bonchev–Trinajstić information content (AvgIpc) is 2.82. The van der Waals surface area contributed by atoms with E-state index in [0.717, 1.165) is 22.6 Å². The Morgan fingerprint density at radius 1 is 1.19 bits per heavy atom. The summed E-state index contributed by atoms with van der Waals surface area (Å²) < 4.78 is 7.34. The Balaban J connectivity index is 1.84. The summed E-state index contributed by atoms with van der Waals surface area (Å²) in [5.41, 5.74) is 3.16. The SMILES string of the molecule is CCSc1nnc2c(n1)OC(c1cc(Br)c(O)c(Br)c1)Nc1ccccc1-2. The van der Waals surface area contributed by atoms with Gasteiger partial charge in [0.15, 0.2) is 11.9 Å². The molecule has 0 fully saturated rings. The number of para-hydroxylation sites is 1. The molecule has 4 rings (SSSR count). The first-order valence-electron chi connectivity index (χ1n) is 8.15. The van der Waals surface area contributed by atoms with Crippen LogP contribution in [0.1, 0.15) is 18.7 Å². The maximum absolute atomic E-state index is 10.0. The van der Waals surface area contributed by atoms with Crippen LogP contribution >= 0.6 is 43.6 Å². The minimum Gasteiger partial charge on any atom is -0.506 e. The Morgan fingerprint density at radius 2 is 1.93 bits per heavy atom. The number of hydrogen-bond acceptors (Lipinski definition) is 7. The van der Waals surface area contributed by atoms with Crippen LogP contribution in [-0.4, -0.2) is 26.0 Å². The lowest BCUT2D eigenvalue weighted by molar-refractivity contribution is 0.225. The topological polar surface area (TPSA) is 80.2 Å². The molecule has 1 unspecified atom stereocenters. The molecule has 0 amide bonds. The van der Waals surface area contributed by atoms with E-state index in [-0.39, 0.29) is 5.75 Å². The number of thioether (sulfide) groups is 1. The van der Waals surface area contributed by atoms with Crippen LogP contribution in [0.25, 0.3) is 11.3 Å². The number of aromatic hydroxyl groups is 1. The number of ether oxygens (including phenoxy) is 1. The zero-order chi connectivity index (χ0) is 19.0. The first-order chi connectivity index (χ1) is 13.1. The molecule has 0 radical (unpaired) electrons. The van der Waals surface area contributed by atoms with Gasteiger partial charge >= 0.3 is 0 Å². The van der Waals surface area contributed by atoms with E-state index in [4.69, 9.17) is 4.74 Å². The summed E-state index contributed by atoms with van der Waals surface area (Å²) in [6, 6.07) is 11.4. The van der Waals surface area contributed by atoms with Crippen molar-refractivity contribution in [1.29, 1.82) is 0 Å². The highest BCUT2D eigenvalue weighted by Gasteiger charge is 2.26. The fourth-order valence-electron chi connectivity index (χ4n) is 2.72. The van der Waals surface area contributed by atoms with E-state index >= 15 is 0 Å². The number of benzene rings is 2. The Kier molecular flexibility index (Phi) is 5.25. The number of phenols is 1.